The van der Waals surface area contributed by atoms with Gasteiger partial charge in [-0.05, 0) is 73.5 Å². The highest BCUT2D eigenvalue weighted by Gasteiger charge is 2.12. The summed E-state index contributed by atoms with van der Waals surface area (Å²) in [7, 11) is 0. The van der Waals surface area contributed by atoms with Gasteiger partial charge in [-0.25, -0.2) is 4.79 Å². The summed E-state index contributed by atoms with van der Waals surface area (Å²) in [6.45, 7) is 7.33. The maximum atomic E-state index is 11.7. The van der Waals surface area contributed by atoms with E-state index in [4.69, 9.17) is 4.74 Å². The molecule has 0 amide bonds. The number of hydrogen-bond donors (Lipinski definition) is 0. The lowest BCUT2D eigenvalue weighted by molar-refractivity contribution is -0.130. The third-order valence-electron chi connectivity index (χ3n) is 5.18. The SMILES string of the molecule is C=C(C)C(=O)Oc1ccc(-c2ccc(N(c3ccccc3)c3ccc(C)cc3)cc2)cc1. The standard InChI is InChI=1S/C29H25NO2/c1-21(2)29(31)32-28-19-13-24(14-20-28)23-11-17-27(18-12-23)30(25-7-5-4-6-8-25)26-15-9-22(3)10-16-26/h4-20H,1H2,2-3H3. The van der Waals surface area contributed by atoms with Gasteiger partial charge in [-0.3, -0.25) is 0 Å². The summed E-state index contributed by atoms with van der Waals surface area (Å²) in [6, 6.07) is 34.8. The Bertz CT molecular complexity index is 1210. The molecule has 0 saturated heterocycles. The van der Waals surface area contributed by atoms with Gasteiger partial charge in [0.05, 0.1) is 0 Å². The van der Waals surface area contributed by atoms with E-state index in [0.29, 0.717) is 11.3 Å². The lowest BCUT2D eigenvalue weighted by Crippen LogP contribution is -2.09. The van der Waals surface area contributed by atoms with Crippen LogP contribution in [0.3, 0.4) is 0 Å². The molecule has 0 spiro atoms. The Hall–Kier alpha value is -4.11. The van der Waals surface area contributed by atoms with Crippen LogP contribution in [0.2, 0.25) is 0 Å². The highest BCUT2D eigenvalue weighted by atomic mass is 16.5. The number of para-hydroxylation sites is 1. The topological polar surface area (TPSA) is 29.5 Å². The smallest absolute Gasteiger partial charge is 0.338 e. The molecule has 0 unspecified atom stereocenters. The fraction of sp³-hybridized carbons (Fsp3) is 0.0690. The number of hydrogen-bond acceptors (Lipinski definition) is 3. The summed E-state index contributed by atoms with van der Waals surface area (Å²) in [5.41, 5.74) is 7.04. The van der Waals surface area contributed by atoms with Crippen LogP contribution in [0.5, 0.6) is 5.75 Å². The van der Waals surface area contributed by atoms with Gasteiger partial charge in [0.15, 0.2) is 0 Å². The molecule has 3 nitrogen and oxygen atoms in total. The van der Waals surface area contributed by atoms with Crippen LogP contribution < -0.4 is 9.64 Å². The van der Waals surface area contributed by atoms with Crippen molar-refractivity contribution in [1.29, 1.82) is 0 Å². The van der Waals surface area contributed by atoms with E-state index in [-0.39, 0.29) is 0 Å². The fourth-order valence-electron chi connectivity index (χ4n) is 3.43. The summed E-state index contributed by atoms with van der Waals surface area (Å²) in [4.78, 5) is 13.9. The molecule has 0 aromatic heterocycles. The van der Waals surface area contributed by atoms with Crippen LogP contribution >= 0.6 is 0 Å². The molecule has 0 aliphatic carbocycles. The normalized spacial score (nSPS) is 10.4. The van der Waals surface area contributed by atoms with Gasteiger partial charge >= 0.3 is 5.97 Å². The van der Waals surface area contributed by atoms with E-state index in [1.165, 1.54) is 5.56 Å². The van der Waals surface area contributed by atoms with Crippen LogP contribution in [0.15, 0.2) is 115 Å². The van der Waals surface area contributed by atoms with Crippen LogP contribution in [-0.4, -0.2) is 5.97 Å². The molecule has 0 aliphatic heterocycles. The van der Waals surface area contributed by atoms with Gasteiger partial charge in [0.2, 0.25) is 0 Å². The van der Waals surface area contributed by atoms with Crippen LogP contribution in [0.1, 0.15) is 12.5 Å². The van der Waals surface area contributed by atoms with Crippen LogP contribution in [0.25, 0.3) is 11.1 Å². The third-order valence-corrected chi connectivity index (χ3v) is 5.18. The van der Waals surface area contributed by atoms with Crippen molar-refractivity contribution in [3.8, 4) is 16.9 Å². The van der Waals surface area contributed by atoms with Gasteiger partial charge < -0.3 is 9.64 Å². The largest absolute Gasteiger partial charge is 0.423 e. The number of rotatable bonds is 6. The zero-order valence-electron chi connectivity index (χ0n) is 18.3. The second kappa shape index (κ2) is 9.36. The summed E-state index contributed by atoms with van der Waals surface area (Å²) in [6.07, 6.45) is 0. The molecule has 158 valence electrons. The number of nitrogens with zero attached hydrogens (tertiary/aromatic N) is 1. The number of carbonyl (C=O) groups excluding carboxylic acids is 1. The molecular weight excluding hydrogens is 394 g/mol. The number of aryl methyl sites for hydroxylation is 1. The Balaban J connectivity index is 1.61. The van der Waals surface area contributed by atoms with Crippen LogP contribution in [0, 0.1) is 6.92 Å². The van der Waals surface area contributed by atoms with Crippen LogP contribution in [-0.2, 0) is 4.79 Å². The molecule has 4 aromatic rings. The Morgan fingerprint density at radius 1 is 0.688 bits per heavy atom. The van der Waals surface area contributed by atoms with Gasteiger partial charge in [-0.2, -0.15) is 0 Å². The molecule has 0 N–H and O–H groups in total. The molecule has 32 heavy (non-hydrogen) atoms. The van der Waals surface area contributed by atoms with Crippen molar-refractivity contribution in [2.45, 2.75) is 13.8 Å². The first kappa shape index (κ1) is 21.1. The minimum Gasteiger partial charge on any atom is -0.423 e. The molecule has 0 aliphatic rings. The van der Waals surface area contributed by atoms with Crippen molar-refractivity contribution in [3.63, 3.8) is 0 Å². The summed E-state index contributed by atoms with van der Waals surface area (Å²) in [5.74, 6) is 0.0900. The molecule has 0 fully saturated rings. The van der Waals surface area contributed by atoms with Gasteiger partial charge in [0.25, 0.3) is 0 Å². The first-order chi connectivity index (χ1) is 15.5. The van der Waals surface area contributed by atoms with Crippen molar-refractivity contribution >= 4 is 23.0 Å². The highest BCUT2D eigenvalue weighted by Crippen LogP contribution is 2.35. The van der Waals surface area contributed by atoms with Gasteiger partial charge in [0, 0.05) is 22.6 Å². The Morgan fingerprint density at radius 3 is 1.69 bits per heavy atom. The average molecular weight is 420 g/mol. The lowest BCUT2D eigenvalue weighted by Gasteiger charge is -2.25. The predicted molar refractivity (Wildman–Crippen MR) is 132 cm³/mol. The number of esters is 1. The quantitative estimate of drug-likeness (QED) is 0.183. The zero-order valence-corrected chi connectivity index (χ0v) is 18.3. The molecule has 0 saturated carbocycles. The minimum absolute atomic E-state index is 0.376. The van der Waals surface area contributed by atoms with Crippen molar-refractivity contribution in [1.82, 2.24) is 0 Å². The highest BCUT2D eigenvalue weighted by molar-refractivity contribution is 5.88. The number of benzene rings is 4. The van der Waals surface area contributed by atoms with Crippen LogP contribution in [0.4, 0.5) is 17.1 Å². The molecule has 0 heterocycles. The summed E-state index contributed by atoms with van der Waals surface area (Å²) >= 11 is 0. The Morgan fingerprint density at radius 2 is 1.16 bits per heavy atom. The molecule has 4 rings (SSSR count). The first-order valence-electron chi connectivity index (χ1n) is 10.5. The monoisotopic (exact) mass is 419 g/mol. The second-order valence-corrected chi connectivity index (χ2v) is 7.75. The van der Waals surface area contributed by atoms with E-state index < -0.39 is 5.97 Å². The number of ether oxygens (including phenoxy) is 1. The minimum atomic E-state index is -0.417. The van der Waals surface area contributed by atoms with Crippen molar-refractivity contribution < 1.29 is 9.53 Å². The van der Waals surface area contributed by atoms with E-state index >= 15 is 0 Å². The maximum Gasteiger partial charge on any atom is 0.338 e. The summed E-state index contributed by atoms with van der Waals surface area (Å²) in [5, 5.41) is 0. The molecule has 4 aromatic carbocycles. The molecule has 0 atom stereocenters. The number of carbonyl (C=O) groups is 1. The first-order valence-corrected chi connectivity index (χ1v) is 10.5. The molecule has 3 heteroatoms. The van der Waals surface area contributed by atoms with E-state index in [2.05, 4.69) is 79.1 Å². The maximum absolute atomic E-state index is 11.7. The van der Waals surface area contributed by atoms with Gasteiger partial charge in [-0.1, -0.05) is 66.7 Å². The van der Waals surface area contributed by atoms with Crippen molar-refractivity contribution in [2.75, 3.05) is 4.90 Å². The third kappa shape index (κ3) is 4.79. The number of anilines is 3. The molecule has 0 bridgehead atoms. The predicted octanol–water partition coefficient (Wildman–Crippen LogP) is 7.61. The van der Waals surface area contributed by atoms with Crippen molar-refractivity contribution in [2.24, 2.45) is 0 Å². The van der Waals surface area contributed by atoms with E-state index in [1.807, 2.05) is 30.3 Å². The van der Waals surface area contributed by atoms with E-state index in [9.17, 15) is 4.79 Å². The van der Waals surface area contributed by atoms with Gasteiger partial charge in [-0.15, -0.1) is 0 Å². The van der Waals surface area contributed by atoms with E-state index in [1.54, 1.807) is 19.1 Å². The molecule has 0 radical (unpaired) electrons. The van der Waals surface area contributed by atoms with Crippen molar-refractivity contribution in [3.05, 3.63) is 121 Å². The zero-order chi connectivity index (χ0) is 22.5. The summed E-state index contributed by atoms with van der Waals surface area (Å²) < 4.78 is 5.28. The fourth-order valence-corrected chi connectivity index (χ4v) is 3.43. The molecular formula is C29H25NO2. The second-order valence-electron chi connectivity index (χ2n) is 7.75. The van der Waals surface area contributed by atoms with Gasteiger partial charge in [0.1, 0.15) is 5.75 Å². The average Bonchev–Trinajstić information content (AvgIpc) is 2.82. The Labute approximate surface area is 189 Å². The Kier molecular flexibility index (Phi) is 6.18. The van der Waals surface area contributed by atoms with E-state index in [0.717, 1.165) is 28.2 Å². The lowest BCUT2D eigenvalue weighted by atomic mass is 10.0.